The van der Waals surface area contributed by atoms with Crippen molar-refractivity contribution in [3.05, 3.63) is 22.4 Å². The van der Waals surface area contributed by atoms with Gasteiger partial charge in [0.1, 0.15) is 5.82 Å². The van der Waals surface area contributed by atoms with Crippen LogP contribution in [0.3, 0.4) is 0 Å². The lowest BCUT2D eigenvalue weighted by Gasteiger charge is -2.23. The molecule has 1 unspecified atom stereocenters. The second-order valence-corrected chi connectivity index (χ2v) is 5.22. The lowest BCUT2D eigenvalue weighted by atomic mass is 10.0. The van der Waals surface area contributed by atoms with Crippen molar-refractivity contribution in [2.24, 2.45) is 5.92 Å². The summed E-state index contributed by atoms with van der Waals surface area (Å²) in [5.74, 6) is -0.0262. The molecule has 17 heavy (non-hydrogen) atoms. The molecular weight excluding hydrogens is 287 g/mol. The van der Waals surface area contributed by atoms with E-state index in [9.17, 15) is 4.39 Å². The SMILES string of the molecule is CC(C)C(CCO)Nc1cc(Br)c(F)cc1N. The van der Waals surface area contributed by atoms with Crippen molar-refractivity contribution in [1.29, 1.82) is 0 Å². The molecule has 0 radical (unpaired) electrons. The normalized spacial score (nSPS) is 12.8. The molecule has 1 aromatic carbocycles. The van der Waals surface area contributed by atoms with E-state index in [-0.39, 0.29) is 18.5 Å². The molecule has 5 heteroatoms. The minimum Gasteiger partial charge on any atom is -0.397 e. The van der Waals surface area contributed by atoms with E-state index in [1.807, 2.05) is 0 Å². The van der Waals surface area contributed by atoms with Crippen LogP contribution in [0.2, 0.25) is 0 Å². The van der Waals surface area contributed by atoms with Crippen LogP contribution >= 0.6 is 15.9 Å². The van der Waals surface area contributed by atoms with Crippen LogP contribution in [0.5, 0.6) is 0 Å². The van der Waals surface area contributed by atoms with Crippen LogP contribution < -0.4 is 11.1 Å². The van der Waals surface area contributed by atoms with E-state index in [0.717, 1.165) is 0 Å². The van der Waals surface area contributed by atoms with Gasteiger partial charge in [0.2, 0.25) is 0 Å². The Kier molecular flexibility index (Phi) is 5.21. The van der Waals surface area contributed by atoms with Crippen LogP contribution in [0, 0.1) is 11.7 Å². The molecule has 0 saturated carbocycles. The summed E-state index contributed by atoms with van der Waals surface area (Å²) in [4.78, 5) is 0. The molecule has 0 heterocycles. The third-order valence-corrected chi connectivity index (χ3v) is 3.29. The minimum atomic E-state index is -0.378. The maximum atomic E-state index is 13.2. The molecule has 96 valence electrons. The number of hydrogen-bond acceptors (Lipinski definition) is 3. The second kappa shape index (κ2) is 6.21. The second-order valence-electron chi connectivity index (χ2n) is 4.36. The Morgan fingerprint density at radius 1 is 1.47 bits per heavy atom. The third-order valence-electron chi connectivity index (χ3n) is 2.68. The third kappa shape index (κ3) is 3.85. The molecule has 1 aromatic rings. The number of benzene rings is 1. The van der Waals surface area contributed by atoms with Crippen LogP contribution in [0.1, 0.15) is 20.3 Å². The molecule has 0 amide bonds. The molecule has 4 N–H and O–H groups in total. The first kappa shape index (κ1) is 14.3. The zero-order valence-corrected chi connectivity index (χ0v) is 11.6. The van der Waals surface area contributed by atoms with Gasteiger partial charge in [-0.1, -0.05) is 13.8 Å². The largest absolute Gasteiger partial charge is 0.397 e. The number of hydrogen-bond donors (Lipinski definition) is 3. The number of aliphatic hydroxyl groups excluding tert-OH is 1. The van der Waals surface area contributed by atoms with E-state index in [2.05, 4.69) is 35.1 Å². The molecule has 0 aliphatic rings. The van der Waals surface area contributed by atoms with E-state index in [4.69, 9.17) is 10.8 Å². The molecule has 0 aromatic heterocycles. The fraction of sp³-hybridized carbons (Fsp3) is 0.500. The topological polar surface area (TPSA) is 58.3 Å². The van der Waals surface area contributed by atoms with Crippen molar-refractivity contribution in [2.75, 3.05) is 17.7 Å². The predicted molar refractivity (Wildman–Crippen MR) is 72.5 cm³/mol. The van der Waals surface area contributed by atoms with Crippen molar-refractivity contribution in [3.8, 4) is 0 Å². The van der Waals surface area contributed by atoms with Gasteiger partial charge in [0.15, 0.2) is 0 Å². The summed E-state index contributed by atoms with van der Waals surface area (Å²) < 4.78 is 13.6. The Morgan fingerprint density at radius 3 is 2.65 bits per heavy atom. The van der Waals surface area contributed by atoms with Gasteiger partial charge in [-0.3, -0.25) is 0 Å². The maximum Gasteiger partial charge on any atom is 0.139 e. The summed E-state index contributed by atoms with van der Waals surface area (Å²) in [6.45, 7) is 4.22. The number of rotatable bonds is 5. The minimum absolute atomic E-state index is 0.109. The number of nitrogens with two attached hydrogens (primary N) is 1. The standard InChI is InChI=1S/C12H18BrFN2O/c1-7(2)11(3-4-17)16-12-5-8(13)9(14)6-10(12)15/h5-7,11,16-17H,3-4,15H2,1-2H3. The Balaban J connectivity index is 2.89. The molecule has 3 nitrogen and oxygen atoms in total. The summed E-state index contributed by atoms with van der Waals surface area (Å²) >= 11 is 3.13. The highest BCUT2D eigenvalue weighted by molar-refractivity contribution is 9.10. The van der Waals surface area contributed by atoms with Crippen LogP contribution in [-0.4, -0.2) is 17.8 Å². The molecule has 0 bridgehead atoms. The van der Waals surface area contributed by atoms with Gasteiger partial charge in [0.05, 0.1) is 15.8 Å². The van der Waals surface area contributed by atoms with E-state index in [0.29, 0.717) is 28.2 Å². The first-order valence-corrected chi connectivity index (χ1v) is 6.37. The van der Waals surface area contributed by atoms with Gasteiger partial charge in [-0.2, -0.15) is 0 Å². The van der Waals surface area contributed by atoms with Crippen LogP contribution in [0.4, 0.5) is 15.8 Å². The van der Waals surface area contributed by atoms with Gasteiger partial charge >= 0.3 is 0 Å². The van der Waals surface area contributed by atoms with E-state index in [1.165, 1.54) is 6.07 Å². The van der Waals surface area contributed by atoms with Crippen molar-refractivity contribution in [1.82, 2.24) is 0 Å². The lowest BCUT2D eigenvalue weighted by molar-refractivity contribution is 0.267. The number of halogens is 2. The Hall–Kier alpha value is -0.810. The van der Waals surface area contributed by atoms with Gasteiger partial charge < -0.3 is 16.2 Å². The smallest absolute Gasteiger partial charge is 0.139 e. The molecular formula is C12H18BrFN2O. The van der Waals surface area contributed by atoms with Gasteiger partial charge in [0, 0.05) is 18.7 Å². The predicted octanol–water partition coefficient (Wildman–Crippen LogP) is 2.99. The molecule has 0 aliphatic heterocycles. The number of anilines is 2. The number of aliphatic hydroxyl groups is 1. The molecule has 1 rings (SSSR count). The highest BCUT2D eigenvalue weighted by Gasteiger charge is 2.15. The van der Waals surface area contributed by atoms with Crippen LogP contribution in [0.25, 0.3) is 0 Å². The summed E-state index contributed by atoms with van der Waals surface area (Å²) in [5, 5.41) is 12.2. The van der Waals surface area contributed by atoms with E-state index in [1.54, 1.807) is 6.07 Å². The Bertz CT molecular complexity index is 385. The first-order chi connectivity index (χ1) is 7.95. The highest BCUT2D eigenvalue weighted by Crippen LogP contribution is 2.28. The van der Waals surface area contributed by atoms with Gasteiger partial charge in [-0.15, -0.1) is 0 Å². The molecule has 1 atom stereocenters. The Morgan fingerprint density at radius 2 is 2.12 bits per heavy atom. The highest BCUT2D eigenvalue weighted by atomic mass is 79.9. The zero-order valence-electron chi connectivity index (χ0n) is 10.0. The molecule has 0 fully saturated rings. The summed E-state index contributed by atoms with van der Waals surface area (Å²) in [6, 6.07) is 3.01. The van der Waals surface area contributed by atoms with Crippen molar-refractivity contribution in [3.63, 3.8) is 0 Å². The van der Waals surface area contributed by atoms with E-state index < -0.39 is 0 Å². The maximum absolute atomic E-state index is 13.2. The molecule has 0 spiro atoms. The quantitative estimate of drug-likeness (QED) is 0.733. The monoisotopic (exact) mass is 304 g/mol. The fourth-order valence-corrected chi connectivity index (χ4v) is 1.94. The summed E-state index contributed by atoms with van der Waals surface area (Å²) in [5.41, 5.74) is 6.80. The first-order valence-electron chi connectivity index (χ1n) is 5.57. The van der Waals surface area contributed by atoms with Crippen molar-refractivity contribution in [2.45, 2.75) is 26.3 Å². The van der Waals surface area contributed by atoms with Crippen molar-refractivity contribution < 1.29 is 9.50 Å². The van der Waals surface area contributed by atoms with E-state index >= 15 is 0 Å². The fourth-order valence-electron chi connectivity index (χ4n) is 1.60. The van der Waals surface area contributed by atoms with Gasteiger partial charge in [-0.25, -0.2) is 4.39 Å². The number of nitrogen functional groups attached to an aromatic ring is 1. The number of nitrogens with one attached hydrogen (secondary N) is 1. The lowest BCUT2D eigenvalue weighted by Crippen LogP contribution is -2.27. The van der Waals surface area contributed by atoms with Crippen LogP contribution in [-0.2, 0) is 0 Å². The Labute approximate surface area is 109 Å². The van der Waals surface area contributed by atoms with Crippen molar-refractivity contribution >= 4 is 27.3 Å². The van der Waals surface area contributed by atoms with Gasteiger partial charge in [0.25, 0.3) is 0 Å². The average Bonchev–Trinajstić information content (AvgIpc) is 2.24. The average molecular weight is 305 g/mol. The summed E-state index contributed by atoms with van der Waals surface area (Å²) in [6.07, 6.45) is 0.631. The molecule has 0 aliphatic carbocycles. The van der Waals surface area contributed by atoms with Gasteiger partial charge in [-0.05, 0) is 34.3 Å². The molecule has 0 saturated heterocycles. The zero-order chi connectivity index (χ0) is 13.0. The summed E-state index contributed by atoms with van der Waals surface area (Å²) in [7, 11) is 0. The van der Waals surface area contributed by atoms with Crippen LogP contribution in [0.15, 0.2) is 16.6 Å².